The molecule has 4 rings (SSSR count). The number of benzene rings is 1. The van der Waals surface area contributed by atoms with Gasteiger partial charge in [-0.3, -0.25) is 9.78 Å². The van der Waals surface area contributed by atoms with Gasteiger partial charge in [0.1, 0.15) is 5.78 Å². The summed E-state index contributed by atoms with van der Waals surface area (Å²) in [5.41, 5.74) is 1.69. The van der Waals surface area contributed by atoms with E-state index in [1.165, 1.54) is 4.90 Å². The lowest BCUT2D eigenvalue weighted by molar-refractivity contribution is -0.123. The van der Waals surface area contributed by atoms with E-state index in [0.717, 1.165) is 47.7 Å². The first-order chi connectivity index (χ1) is 14.7. The van der Waals surface area contributed by atoms with Gasteiger partial charge in [-0.05, 0) is 57.2 Å². The standard InChI is InChI=1S/C23H27N3O2/c1-15-24-14-23(28-15)17-4-5-18-13-25-20(11-19(18)10-17)12-22(27)16-6-8-21(9-7-16)26(2)3/h4-5,10-11,13-14,16,21H,6-9,12H2,1-3H3/i2D3. The van der Waals surface area contributed by atoms with Gasteiger partial charge in [-0.15, -0.1) is 0 Å². The molecule has 1 fully saturated rings. The molecule has 5 nitrogen and oxygen atoms in total. The number of aromatic nitrogens is 2. The number of rotatable bonds is 5. The summed E-state index contributed by atoms with van der Waals surface area (Å²) >= 11 is 0. The van der Waals surface area contributed by atoms with E-state index in [0.29, 0.717) is 18.1 Å². The van der Waals surface area contributed by atoms with Gasteiger partial charge in [-0.25, -0.2) is 4.98 Å². The minimum atomic E-state index is -2.08. The zero-order valence-corrected chi connectivity index (χ0v) is 16.3. The summed E-state index contributed by atoms with van der Waals surface area (Å²) in [6.07, 6.45) is 6.73. The second-order valence-corrected chi connectivity index (χ2v) is 7.74. The van der Waals surface area contributed by atoms with Crippen LogP contribution < -0.4 is 0 Å². The van der Waals surface area contributed by atoms with E-state index in [1.807, 2.05) is 31.2 Å². The zero-order valence-electron chi connectivity index (χ0n) is 19.3. The van der Waals surface area contributed by atoms with Crippen molar-refractivity contribution >= 4 is 16.6 Å². The molecule has 0 radical (unpaired) electrons. The zero-order chi connectivity index (χ0) is 22.2. The number of hydrogen-bond donors (Lipinski definition) is 0. The van der Waals surface area contributed by atoms with Crippen molar-refractivity contribution in [3.05, 3.63) is 48.2 Å². The van der Waals surface area contributed by atoms with Crippen LogP contribution in [0.2, 0.25) is 0 Å². The molecule has 5 heteroatoms. The minimum absolute atomic E-state index is 0.00786. The fourth-order valence-corrected chi connectivity index (χ4v) is 4.04. The highest BCUT2D eigenvalue weighted by Gasteiger charge is 2.27. The van der Waals surface area contributed by atoms with Crippen molar-refractivity contribution in [2.24, 2.45) is 5.92 Å². The molecule has 0 N–H and O–H groups in total. The highest BCUT2D eigenvalue weighted by Crippen LogP contribution is 2.29. The number of ketones is 1. The summed E-state index contributed by atoms with van der Waals surface area (Å²) in [5.74, 6) is 1.50. The van der Waals surface area contributed by atoms with E-state index in [1.54, 1.807) is 19.4 Å². The number of oxazole rings is 1. The number of pyridine rings is 1. The van der Waals surface area contributed by atoms with Crippen LogP contribution in [0.3, 0.4) is 0 Å². The Morgan fingerprint density at radius 2 is 2.00 bits per heavy atom. The summed E-state index contributed by atoms with van der Waals surface area (Å²) in [4.78, 5) is 23.0. The molecule has 0 amide bonds. The molecule has 3 aromatic rings. The van der Waals surface area contributed by atoms with Crippen molar-refractivity contribution < 1.29 is 13.3 Å². The second-order valence-electron chi connectivity index (χ2n) is 7.74. The number of aryl methyl sites for hydroxylation is 1. The van der Waals surface area contributed by atoms with Gasteiger partial charge in [0, 0.05) is 52.3 Å². The lowest BCUT2D eigenvalue weighted by Gasteiger charge is -2.31. The van der Waals surface area contributed by atoms with Crippen molar-refractivity contribution in [3.8, 4) is 11.3 Å². The Morgan fingerprint density at radius 3 is 2.71 bits per heavy atom. The number of fused-ring (bicyclic) bond motifs is 1. The van der Waals surface area contributed by atoms with Crippen LogP contribution in [0.4, 0.5) is 0 Å². The third-order valence-electron chi connectivity index (χ3n) is 5.74. The van der Waals surface area contributed by atoms with Gasteiger partial charge in [0.15, 0.2) is 11.7 Å². The van der Waals surface area contributed by atoms with Crippen LogP contribution in [0.5, 0.6) is 0 Å². The molecule has 0 aliphatic heterocycles. The van der Waals surface area contributed by atoms with Crippen molar-refractivity contribution in [1.29, 1.82) is 0 Å². The molecule has 1 aliphatic carbocycles. The van der Waals surface area contributed by atoms with E-state index in [4.69, 9.17) is 8.53 Å². The molecular formula is C23H27N3O2. The Balaban J connectivity index is 1.43. The summed E-state index contributed by atoms with van der Waals surface area (Å²) in [6, 6.07) is 7.97. The highest BCUT2D eigenvalue weighted by atomic mass is 16.4. The predicted octanol–water partition coefficient (Wildman–Crippen LogP) is 4.43. The topological polar surface area (TPSA) is 59.2 Å². The number of carbonyl (C=O) groups is 1. The number of hydrogen-bond acceptors (Lipinski definition) is 5. The quantitative estimate of drug-likeness (QED) is 0.655. The van der Waals surface area contributed by atoms with E-state index in [9.17, 15) is 4.79 Å². The molecule has 1 aromatic carbocycles. The first-order valence-corrected chi connectivity index (χ1v) is 9.78. The Bertz CT molecular complexity index is 1090. The van der Waals surface area contributed by atoms with Crippen LogP contribution in [-0.2, 0) is 11.2 Å². The van der Waals surface area contributed by atoms with Crippen LogP contribution in [0.1, 0.15) is 41.4 Å². The Morgan fingerprint density at radius 1 is 1.18 bits per heavy atom. The Labute approximate surface area is 170 Å². The number of Topliss-reactive ketones (excluding diaryl/α,β-unsaturated/α-hetero) is 1. The monoisotopic (exact) mass is 380 g/mol. The maximum atomic E-state index is 12.9. The molecule has 1 aliphatic rings. The van der Waals surface area contributed by atoms with Crippen LogP contribution >= 0.6 is 0 Å². The van der Waals surface area contributed by atoms with Crippen LogP contribution in [0, 0.1) is 12.8 Å². The summed E-state index contributed by atoms with van der Waals surface area (Å²) < 4.78 is 28.3. The molecule has 28 heavy (non-hydrogen) atoms. The first kappa shape index (κ1) is 15.4. The third-order valence-corrected chi connectivity index (χ3v) is 5.74. The fourth-order valence-electron chi connectivity index (χ4n) is 4.04. The largest absolute Gasteiger partial charge is 0.441 e. The van der Waals surface area contributed by atoms with Gasteiger partial charge in [-0.1, -0.05) is 12.1 Å². The molecule has 0 unspecified atom stereocenters. The average molecular weight is 381 g/mol. The molecule has 0 atom stereocenters. The number of carbonyl (C=O) groups excluding carboxylic acids is 1. The van der Waals surface area contributed by atoms with Crippen LogP contribution in [0.25, 0.3) is 22.1 Å². The molecule has 0 spiro atoms. The van der Waals surface area contributed by atoms with E-state index >= 15 is 0 Å². The smallest absolute Gasteiger partial charge is 0.191 e. The minimum Gasteiger partial charge on any atom is -0.441 e. The van der Waals surface area contributed by atoms with Crippen molar-refractivity contribution in [3.63, 3.8) is 0 Å². The van der Waals surface area contributed by atoms with Crippen molar-refractivity contribution in [2.45, 2.75) is 45.1 Å². The van der Waals surface area contributed by atoms with Crippen LogP contribution in [0.15, 0.2) is 41.1 Å². The van der Waals surface area contributed by atoms with Gasteiger partial charge < -0.3 is 9.32 Å². The predicted molar refractivity (Wildman–Crippen MR) is 110 cm³/mol. The van der Waals surface area contributed by atoms with Gasteiger partial charge in [0.25, 0.3) is 0 Å². The molecule has 146 valence electrons. The van der Waals surface area contributed by atoms with Gasteiger partial charge >= 0.3 is 0 Å². The number of nitrogens with zero attached hydrogens (tertiary/aromatic N) is 3. The average Bonchev–Trinajstić information content (AvgIpc) is 3.18. The van der Waals surface area contributed by atoms with Crippen molar-refractivity contribution in [2.75, 3.05) is 14.0 Å². The molecule has 2 heterocycles. The van der Waals surface area contributed by atoms with Gasteiger partial charge in [0.05, 0.1) is 6.20 Å². The second kappa shape index (κ2) is 7.84. The van der Waals surface area contributed by atoms with E-state index in [2.05, 4.69) is 9.97 Å². The molecule has 2 aromatic heterocycles. The molecule has 1 saturated carbocycles. The maximum absolute atomic E-state index is 12.9. The normalized spacial score (nSPS) is 22.0. The van der Waals surface area contributed by atoms with E-state index < -0.39 is 6.98 Å². The molecule has 0 saturated heterocycles. The lowest BCUT2D eigenvalue weighted by atomic mass is 9.82. The van der Waals surface area contributed by atoms with Gasteiger partial charge in [-0.2, -0.15) is 0 Å². The van der Waals surface area contributed by atoms with Crippen molar-refractivity contribution in [1.82, 2.24) is 14.9 Å². The Kier molecular flexibility index (Phi) is 4.31. The Hall–Kier alpha value is -2.53. The molecular weight excluding hydrogens is 350 g/mol. The molecule has 0 bridgehead atoms. The SMILES string of the molecule is [2H]C([2H])([2H])N(C)C1CCC(C(=O)Cc2cc3cc(-c4cnc(C)o4)ccc3cn2)CC1. The summed E-state index contributed by atoms with van der Waals surface area (Å²) in [5, 5.41) is 2.01. The fraction of sp³-hybridized carbons (Fsp3) is 0.435. The van der Waals surface area contributed by atoms with Gasteiger partial charge in [0.2, 0.25) is 0 Å². The van der Waals surface area contributed by atoms with Crippen LogP contribution in [-0.4, -0.2) is 40.7 Å². The lowest BCUT2D eigenvalue weighted by Crippen LogP contribution is -2.34. The maximum Gasteiger partial charge on any atom is 0.191 e. The summed E-state index contributed by atoms with van der Waals surface area (Å²) in [6.45, 7) is -0.271. The highest BCUT2D eigenvalue weighted by molar-refractivity contribution is 5.88. The summed E-state index contributed by atoms with van der Waals surface area (Å²) in [7, 11) is 1.65. The third kappa shape index (κ3) is 3.99. The first-order valence-electron chi connectivity index (χ1n) is 11.3. The van der Waals surface area contributed by atoms with E-state index in [-0.39, 0.29) is 17.7 Å².